The van der Waals surface area contributed by atoms with Gasteiger partial charge in [-0.2, -0.15) is 11.8 Å². The molecule has 0 aromatic carbocycles. The molecule has 1 aromatic heterocycles. The topological polar surface area (TPSA) is 45.2 Å². The molecule has 4 nitrogen and oxygen atoms in total. The normalized spacial score (nSPS) is 18.7. The van der Waals surface area contributed by atoms with E-state index in [1.165, 1.54) is 0 Å². The lowest BCUT2D eigenvalue weighted by Crippen LogP contribution is -2.37. The molecule has 0 bridgehead atoms. The number of amides is 1. The number of pyridine rings is 1. The number of carbonyl (C=O) groups is 1. The van der Waals surface area contributed by atoms with Gasteiger partial charge in [-0.25, -0.2) is 4.98 Å². The molecule has 1 amide bonds. The van der Waals surface area contributed by atoms with Crippen molar-refractivity contribution < 1.29 is 4.79 Å². The fourth-order valence-electron chi connectivity index (χ4n) is 2.00. The third-order valence-corrected chi connectivity index (χ3v) is 4.28. The Morgan fingerprint density at radius 3 is 3.00 bits per heavy atom. The van der Waals surface area contributed by atoms with Gasteiger partial charge in [0, 0.05) is 25.4 Å². The van der Waals surface area contributed by atoms with Crippen LogP contribution in [0.25, 0.3) is 0 Å². The first kappa shape index (κ1) is 13.2. The predicted molar refractivity (Wildman–Crippen MR) is 76.2 cm³/mol. The van der Waals surface area contributed by atoms with Gasteiger partial charge in [-0.15, -0.1) is 0 Å². The summed E-state index contributed by atoms with van der Waals surface area (Å²) in [6.45, 7) is 2.89. The van der Waals surface area contributed by atoms with Crippen LogP contribution < -0.4 is 5.32 Å². The largest absolute Gasteiger partial charge is 0.384 e. The van der Waals surface area contributed by atoms with E-state index in [4.69, 9.17) is 0 Å². The van der Waals surface area contributed by atoms with Gasteiger partial charge in [-0.05, 0) is 31.2 Å². The molecule has 0 aliphatic carbocycles. The van der Waals surface area contributed by atoms with Crippen LogP contribution in [0.5, 0.6) is 0 Å². The molecule has 1 aliphatic rings. The predicted octanol–water partition coefficient (Wildman–Crippen LogP) is 2.09. The van der Waals surface area contributed by atoms with E-state index in [-0.39, 0.29) is 5.91 Å². The molecule has 98 valence electrons. The standard InChI is InChI=1S/C13H19N3OS/c1-3-14-10-4-5-12(15-8-10)13(17)16(2)11-6-7-18-9-11/h4-5,8,11,14H,3,6-7,9H2,1-2H3. The van der Waals surface area contributed by atoms with Gasteiger partial charge in [0.25, 0.3) is 5.91 Å². The lowest BCUT2D eigenvalue weighted by Gasteiger charge is -2.23. The van der Waals surface area contributed by atoms with Gasteiger partial charge in [0.15, 0.2) is 0 Å². The second-order valence-electron chi connectivity index (χ2n) is 4.40. The lowest BCUT2D eigenvalue weighted by molar-refractivity contribution is 0.0742. The van der Waals surface area contributed by atoms with Crippen molar-refractivity contribution in [2.45, 2.75) is 19.4 Å². The Morgan fingerprint density at radius 1 is 1.61 bits per heavy atom. The quantitative estimate of drug-likeness (QED) is 0.905. The summed E-state index contributed by atoms with van der Waals surface area (Å²) in [5.74, 6) is 2.21. The summed E-state index contributed by atoms with van der Waals surface area (Å²) in [6, 6.07) is 4.05. The van der Waals surface area contributed by atoms with Crippen molar-refractivity contribution in [1.82, 2.24) is 9.88 Å². The summed E-state index contributed by atoms with van der Waals surface area (Å²) < 4.78 is 0. The zero-order valence-electron chi connectivity index (χ0n) is 10.8. The van der Waals surface area contributed by atoms with Crippen molar-refractivity contribution in [3.05, 3.63) is 24.0 Å². The Balaban J connectivity index is 2.03. The summed E-state index contributed by atoms with van der Waals surface area (Å²) >= 11 is 1.91. The van der Waals surface area contributed by atoms with Gasteiger partial charge in [-0.3, -0.25) is 4.79 Å². The Morgan fingerprint density at radius 2 is 2.44 bits per heavy atom. The maximum absolute atomic E-state index is 12.2. The average Bonchev–Trinajstić information content (AvgIpc) is 2.92. The van der Waals surface area contributed by atoms with Crippen LogP contribution >= 0.6 is 11.8 Å². The molecule has 1 aromatic rings. The highest BCUT2D eigenvalue weighted by molar-refractivity contribution is 7.99. The highest BCUT2D eigenvalue weighted by Crippen LogP contribution is 2.22. The zero-order chi connectivity index (χ0) is 13.0. The Labute approximate surface area is 112 Å². The van der Waals surface area contributed by atoms with Crippen LogP contribution in [0.15, 0.2) is 18.3 Å². The van der Waals surface area contributed by atoms with Gasteiger partial charge < -0.3 is 10.2 Å². The van der Waals surface area contributed by atoms with Crippen LogP contribution in [0.3, 0.4) is 0 Å². The number of carbonyl (C=O) groups excluding carboxylic acids is 1. The molecule has 5 heteroatoms. The highest BCUT2D eigenvalue weighted by Gasteiger charge is 2.25. The number of rotatable bonds is 4. The van der Waals surface area contributed by atoms with E-state index in [1.54, 1.807) is 12.3 Å². The second kappa shape index (κ2) is 6.09. The first-order chi connectivity index (χ1) is 8.72. The van der Waals surface area contributed by atoms with E-state index < -0.39 is 0 Å². The summed E-state index contributed by atoms with van der Waals surface area (Å²) in [4.78, 5) is 18.3. The van der Waals surface area contributed by atoms with Crippen molar-refractivity contribution in [1.29, 1.82) is 0 Å². The fourth-order valence-corrected chi connectivity index (χ4v) is 3.27. The minimum atomic E-state index is 0.0190. The van der Waals surface area contributed by atoms with E-state index in [0.29, 0.717) is 11.7 Å². The molecule has 0 saturated carbocycles. The summed E-state index contributed by atoms with van der Waals surface area (Å²) in [6.07, 6.45) is 2.80. The number of aromatic nitrogens is 1. The zero-order valence-corrected chi connectivity index (χ0v) is 11.7. The Hall–Kier alpha value is -1.23. The van der Waals surface area contributed by atoms with E-state index in [1.807, 2.05) is 36.7 Å². The number of thioether (sulfide) groups is 1. The molecule has 0 radical (unpaired) electrons. The molecule has 1 unspecified atom stereocenters. The molecule has 1 aliphatic heterocycles. The Kier molecular flexibility index (Phi) is 4.47. The van der Waals surface area contributed by atoms with Gasteiger partial charge in [0.1, 0.15) is 5.69 Å². The van der Waals surface area contributed by atoms with E-state index in [9.17, 15) is 4.79 Å². The number of nitrogens with one attached hydrogen (secondary N) is 1. The molecule has 1 N–H and O–H groups in total. The summed E-state index contributed by atoms with van der Waals surface area (Å²) in [7, 11) is 1.87. The minimum absolute atomic E-state index is 0.0190. The third kappa shape index (κ3) is 2.96. The van der Waals surface area contributed by atoms with Crippen molar-refractivity contribution in [2.24, 2.45) is 0 Å². The van der Waals surface area contributed by atoms with Crippen LogP contribution in [0, 0.1) is 0 Å². The number of hydrogen-bond acceptors (Lipinski definition) is 4. The van der Waals surface area contributed by atoms with Gasteiger partial charge >= 0.3 is 0 Å². The highest BCUT2D eigenvalue weighted by atomic mass is 32.2. The smallest absolute Gasteiger partial charge is 0.272 e. The maximum Gasteiger partial charge on any atom is 0.272 e. The van der Waals surface area contributed by atoms with E-state index in [2.05, 4.69) is 10.3 Å². The van der Waals surface area contributed by atoms with Crippen molar-refractivity contribution >= 4 is 23.4 Å². The van der Waals surface area contributed by atoms with Crippen LogP contribution in [0.4, 0.5) is 5.69 Å². The molecule has 1 atom stereocenters. The monoisotopic (exact) mass is 265 g/mol. The SMILES string of the molecule is CCNc1ccc(C(=O)N(C)C2CCSC2)nc1. The molecule has 0 spiro atoms. The van der Waals surface area contributed by atoms with Crippen LogP contribution in [0.1, 0.15) is 23.8 Å². The minimum Gasteiger partial charge on any atom is -0.384 e. The summed E-state index contributed by atoms with van der Waals surface area (Å²) in [5, 5.41) is 3.17. The lowest BCUT2D eigenvalue weighted by atomic mass is 10.2. The van der Waals surface area contributed by atoms with Crippen LogP contribution in [-0.4, -0.2) is 46.9 Å². The fraction of sp³-hybridized carbons (Fsp3) is 0.538. The van der Waals surface area contributed by atoms with Crippen molar-refractivity contribution in [3.63, 3.8) is 0 Å². The average molecular weight is 265 g/mol. The van der Waals surface area contributed by atoms with Crippen LogP contribution in [0.2, 0.25) is 0 Å². The number of hydrogen-bond donors (Lipinski definition) is 1. The molecule has 2 rings (SSSR count). The third-order valence-electron chi connectivity index (χ3n) is 3.14. The van der Waals surface area contributed by atoms with Gasteiger partial charge in [-0.1, -0.05) is 0 Å². The molecule has 1 fully saturated rings. The number of nitrogens with zero attached hydrogens (tertiary/aromatic N) is 2. The van der Waals surface area contributed by atoms with E-state index >= 15 is 0 Å². The summed E-state index contributed by atoms with van der Waals surface area (Å²) in [5.41, 5.74) is 1.48. The molecule has 2 heterocycles. The van der Waals surface area contributed by atoms with Crippen molar-refractivity contribution in [2.75, 3.05) is 30.4 Å². The van der Waals surface area contributed by atoms with Gasteiger partial charge in [0.2, 0.25) is 0 Å². The number of anilines is 1. The second-order valence-corrected chi connectivity index (χ2v) is 5.55. The molecular formula is C13H19N3OS. The first-order valence-electron chi connectivity index (χ1n) is 6.27. The van der Waals surface area contributed by atoms with E-state index in [0.717, 1.165) is 30.2 Å². The maximum atomic E-state index is 12.2. The van der Waals surface area contributed by atoms with Gasteiger partial charge in [0.05, 0.1) is 11.9 Å². The van der Waals surface area contributed by atoms with Crippen molar-refractivity contribution in [3.8, 4) is 0 Å². The Bertz CT molecular complexity index is 401. The molecule has 18 heavy (non-hydrogen) atoms. The first-order valence-corrected chi connectivity index (χ1v) is 7.42. The molecule has 1 saturated heterocycles. The molecular weight excluding hydrogens is 246 g/mol. The van der Waals surface area contributed by atoms with Crippen LogP contribution in [-0.2, 0) is 0 Å².